The zero-order valence-electron chi connectivity index (χ0n) is 9.05. The lowest BCUT2D eigenvalue weighted by Gasteiger charge is -2.02. The summed E-state index contributed by atoms with van der Waals surface area (Å²) in [4.78, 5) is 10.2. The Morgan fingerprint density at radius 1 is 0.933 bits per heavy atom. The molecule has 0 unspecified atom stereocenters. The van der Waals surface area contributed by atoms with Crippen LogP contribution in [0.25, 0.3) is 0 Å². The summed E-state index contributed by atoms with van der Waals surface area (Å²) in [5.41, 5.74) is 0. The fraction of sp³-hybridized carbons (Fsp3) is 0.909. The highest BCUT2D eigenvalue weighted by molar-refractivity contribution is 9.24. The minimum Gasteiger partial charge on any atom is -0.481 e. The highest BCUT2D eigenvalue weighted by Gasteiger charge is 1.98. The van der Waals surface area contributed by atoms with E-state index in [2.05, 4.69) is 31.9 Å². The van der Waals surface area contributed by atoms with E-state index in [1.807, 2.05) is 0 Å². The van der Waals surface area contributed by atoms with Gasteiger partial charge in [0.2, 0.25) is 0 Å². The van der Waals surface area contributed by atoms with Crippen molar-refractivity contribution in [1.29, 1.82) is 0 Å². The predicted octanol–water partition coefficient (Wildman–Crippen LogP) is 4.70. The number of aliphatic carboxylic acids is 1. The van der Waals surface area contributed by atoms with Crippen LogP contribution in [0.15, 0.2) is 0 Å². The van der Waals surface area contributed by atoms with E-state index >= 15 is 0 Å². The first-order valence-corrected chi connectivity index (χ1v) is 7.46. The minimum absolute atomic E-state index is 0.328. The standard InChI is InChI=1S/C11H20Br2O2/c12-10(13)8-6-4-2-1-3-5-7-9-11(14)15/h10H,1-9H2,(H,14,15). The van der Waals surface area contributed by atoms with Crippen molar-refractivity contribution in [2.75, 3.05) is 0 Å². The molecule has 0 amide bonds. The van der Waals surface area contributed by atoms with Crippen LogP contribution in [0.3, 0.4) is 0 Å². The van der Waals surface area contributed by atoms with Crippen molar-refractivity contribution in [1.82, 2.24) is 0 Å². The molecule has 0 bridgehead atoms. The highest BCUT2D eigenvalue weighted by Crippen LogP contribution is 2.17. The minimum atomic E-state index is -0.671. The van der Waals surface area contributed by atoms with Crippen molar-refractivity contribution < 1.29 is 9.90 Å². The van der Waals surface area contributed by atoms with Crippen LogP contribution in [0.1, 0.15) is 57.8 Å². The van der Waals surface area contributed by atoms with Gasteiger partial charge in [0, 0.05) is 6.42 Å². The van der Waals surface area contributed by atoms with E-state index in [9.17, 15) is 4.79 Å². The molecule has 0 aliphatic rings. The molecular weight excluding hydrogens is 324 g/mol. The van der Waals surface area contributed by atoms with Gasteiger partial charge in [0.15, 0.2) is 0 Å². The highest BCUT2D eigenvalue weighted by atomic mass is 79.9. The Kier molecular flexibility index (Phi) is 11.2. The fourth-order valence-corrected chi connectivity index (χ4v) is 2.11. The molecule has 0 fully saturated rings. The third kappa shape index (κ3) is 14.4. The van der Waals surface area contributed by atoms with Gasteiger partial charge in [0.05, 0.1) is 3.74 Å². The van der Waals surface area contributed by atoms with Gasteiger partial charge >= 0.3 is 5.97 Å². The van der Waals surface area contributed by atoms with Crippen LogP contribution in [0.5, 0.6) is 0 Å². The monoisotopic (exact) mass is 342 g/mol. The van der Waals surface area contributed by atoms with Gasteiger partial charge in [0.25, 0.3) is 0 Å². The quantitative estimate of drug-likeness (QED) is 0.461. The van der Waals surface area contributed by atoms with E-state index in [4.69, 9.17) is 5.11 Å². The molecule has 0 atom stereocenters. The molecule has 1 N–H and O–H groups in total. The lowest BCUT2D eigenvalue weighted by atomic mass is 10.1. The van der Waals surface area contributed by atoms with Gasteiger partial charge in [-0.05, 0) is 12.8 Å². The molecule has 0 radical (unpaired) electrons. The van der Waals surface area contributed by atoms with Crippen molar-refractivity contribution in [2.24, 2.45) is 0 Å². The smallest absolute Gasteiger partial charge is 0.303 e. The molecule has 15 heavy (non-hydrogen) atoms. The van der Waals surface area contributed by atoms with Crippen molar-refractivity contribution in [2.45, 2.75) is 61.5 Å². The number of halogens is 2. The van der Waals surface area contributed by atoms with Crippen molar-refractivity contribution in [3.63, 3.8) is 0 Å². The van der Waals surface area contributed by atoms with Crippen molar-refractivity contribution in [3.8, 4) is 0 Å². The zero-order chi connectivity index (χ0) is 11.5. The number of hydrogen-bond donors (Lipinski definition) is 1. The molecule has 0 saturated heterocycles. The Hall–Kier alpha value is 0.430. The van der Waals surface area contributed by atoms with Gasteiger partial charge in [0.1, 0.15) is 0 Å². The summed E-state index contributed by atoms with van der Waals surface area (Å²) in [7, 11) is 0. The molecular formula is C11H20Br2O2. The summed E-state index contributed by atoms with van der Waals surface area (Å²) in [6.45, 7) is 0. The number of unbranched alkanes of at least 4 members (excludes halogenated alkanes) is 6. The van der Waals surface area contributed by atoms with Crippen LogP contribution >= 0.6 is 31.9 Å². The first kappa shape index (κ1) is 15.4. The van der Waals surface area contributed by atoms with E-state index in [-0.39, 0.29) is 0 Å². The predicted molar refractivity (Wildman–Crippen MR) is 70.8 cm³/mol. The van der Waals surface area contributed by atoms with Gasteiger partial charge in [-0.1, -0.05) is 70.4 Å². The summed E-state index contributed by atoms with van der Waals surface area (Å²) < 4.78 is 0.459. The third-order valence-corrected chi connectivity index (χ3v) is 3.23. The first-order chi connectivity index (χ1) is 7.13. The van der Waals surface area contributed by atoms with Gasteiger partial charge in [-0.15, -0.1) is 0 Å². The number of carbonyl (C=O) groups is 1. The summed E-state index contributed by atoms with van der Waals surface area (Å²) >= 11 is 6.90. The number of carboxylic acids is 1. The van der Waals surface area contributed by atoms with Crippen LogP contribution in [-0.2, 0) is 4.79 Å². The number of rotatable bonds is 10. The van der Waals surface area contributed by atoms with Crippen LogP contribution in [-0.4, -0.2) is 14.8 Å². The average molecular weight is 344 g/mol. The summed E-state index contributed by atoms with van der Waals surface area (Å²) in [5.74, 6) is -0.671. The van der Waals surface area contributed by atoms with Gasteiger partial charge in [-0.2, -0.15) is 0 Å². The normalized spacial score (nSPS) is 10.9. The number of alkyl halides is 2. The molecule has 90 valence electrons. The topological polar surface area (TPSA) is 37.3 Å². The third-order valence-electron chi connectivity index (χ3n) is 2.31. The Balaban J connectivity index is 2.96. The maximum atomic E-state index is 10.2. The van der Waals surface area contributed by atoms with E-state index < -0.39 is 5.97 Å². The second-order valence-electron chi connectivity index (χ2n) is 3.80. The lowest BCUT2D eigenvalue weighted by molar-refractivity contribution is -0.137. The first-order valence-electron chi connectivity index (χ1n) is 5.63. The Morgan fingerprint density at radius 2 is 1.40 bits per heavy atom. The Morgan fingerprint density at radius 3 is 1.87 bits per heavy atom. The maximum absolute atomic E-state index is 10.2. The molecule has 0 aromatic heterocycles. The average Bonchev–Trinajstić information content (AvgIpc) is 2.14. The second-order valence-corrected chi connectivity index (χ2v) is 7.24. The summed E-state index contributed by atoms with van der Waals surface area (Å²) in [5, 5.41) is 8.43. The van der Waals surface area contributed by atoms with Crippen LogP contribution in [0.4, 0.5) is 0 Å². The van der Waals surface area contributed by atoms with Crippen LogP contribution in [0, 0.1) is 0 Å². The SMILES string of the molecule is O=C(O)CCCCCCCCCC(Br)Br. The summed E-state index contributed by atoms with van der Waals surface area (Å²) in [6, 6.07) is 0. The van der Waals surface area contributed by atoms with E-state index in [1.54, 1.807) is 0 Å². The Bertz CT molecular complexity index is 161. The zero-order valence-corrected chi connectivity index (χ0v) is 12.2. The number of carboxylic acid groups (broad SMARTS) is 1. The van der Waals surface area contributed by atoms with Gasteiger partial charge in [-0.25, -0.2) is 0 Å². The molecule has 0 saturated carbocycles. The molecule has 0 spiro atoms. The summed E-state index contributed by atoms with van der Waals surface area (Å²) in [6.07, 6.45) is 9.65. The lowest BCUT2D eigenvalue weighted by Crippen LogP contribution is -1.93. The molecule has 2 nitrogen and oxygen atoms in total. The van der Waals surface area contributed by atoms with Crippen molar-refractivity contribution in [3.05, 3.63) is 0 Å². The van der Waals surface area contributed by atoms with Crippen LogP contribution < -0.4 is 0 Å². The Labute approximate surface area is 109 Å². The maximum Gasteiger partial charge on any atom is 0.303 e. The molecule has 0 heterocycles. The molecule has 0 aliphatic heterocycles. The molecule has 0 aromatic carbocycles. The van der Waals surface area contributed by atoms with E-state index in [0.717, 1.165) is 12.8 Å². The molecule has 0 rings (SSSR count). The fourth-order valence-electron chi connectivity index (χ4n) is 1.46. The second kappa shape index (κ2) is 10.9. The van der Waals surface area contributed by atoms with E-state index in [0.29, 0.717) is 10.2 Å². The van der Waals surface area contributed by atoms with Crippen molar-refractivity contribution >= 4 is 37.8 Å². The molecule has 0 aliphatic carbocycles. The van der Waals surface area contributed by atoms with Gasteiger partial charge < -0.3 is 5.11 Å². The largest absolute Gasteiger partial charge is 0.481 e. The van der Waals surface area contributed by atoms with Crippen LogP contribution in [0.2, 0.25) is 0 Å². The van der Waals surface area contributed by atoms with E-state index in [1.165, 1.54) is 38.5 Å². The molecule has 4 heteroatoms. The number of hydrogen-bond acceptors (Lipinski definition) is 1. The van der Waals surface area contributed by atoms with Gasteiger partial charge in [-0.3, -0.25) is 4.79 Å². The molecule has 0 aromatic rings.